The molecule has 0 amide bonds. The first-order valence-electron chi connectivity index (χ1n) is 20.1. The Labute approximate surface area is 348 Å². The zero-order valence-electron chi connectivity index (χ0n) is 33.4. The van der Waals surface area contributed by atoms with E-state index in [0.717, 1.165) is 94.9 Å². The van der Waals surface area contributed by atoms with E-state index in [4.69, 9.17) is 20.0 Å². The summed E-state index contributed by atoms with van der Waals surface area (Å²) in [5.74, 6) is 1.81. The molecular formula is C54H40N6. The molecule has 0 fully saturated rings. The maximum Gasteiger partial charge on any atom is 0.161 e. The van der Waals surface area contributed by atoms with Crippen LogP contribution in [0.15, 0.2) is 211 Å². The highest BCUT2D eigenvalue weighted by Crippen LogP contribution is 2.33. The molecule has 6 heteroatoms. The van der Waals surface area contributed by atoms with Crippen molar-refractivity contribution in [2.24, 2.45) is 9.98 Å². The number of aliphatic imine (C=N–C) groups is 2. The quantitative estimate of drug-likeness (QED) is 0.114. The molecule has 0 radical (unpaired) electrons. The normalized spacial score (nSPS) is 12.1. The summed E-state index contributed by atoms with van der Waals surface area (Å²) in [6.45, 7) is 8.64. The summed E-state index contributed by atoms with van der Waals surface area (Å²) >= 11 is 0. The third-order valence-corrected chi connectivity index (χ3v) is 11.0. The molecule has 6 nitrogen and oxygen atoms in total. The third-order valence-electron chi connectivity index (χ3n) is 11.0. The lowest BCUT2D eigenvalue weighted by Gasteiger charge is -2.14. The van der Waals surface area contributed by atoms with Crippen LogP contribution in [0.2, 0.25) is 0 Å². The number of aromatic nitrogens is 4. The summed E-state index contributed by atoms with van der Waals surface area (Å²) in [5, 5.41) is 0. The van der Waals surface area contributed by atoms with Crippen molar-refractivity contribution >= 4 is 45.1 Å². The Morgan fingerprint density at radius 2 is 0.917 bits per heavy atom. The number of fused-ring (bicyclic) bond motifs is 4. The van der Waals surface area contributed by atoms with Crippen LogP contribution in [0.3, 0.4) is 0 Å². The second kappa shape index (κ2) is 15.4. The maximum absolute atomic E-state index is 5.45. The summed E-state index contributed by atoms with van der Waals surface area (Å²) in [6.07, 6.45) is 2.03. The number of nitrogens with zero attached hydrogens (tertiary/aromatic N) is 6. The molecular weight excluding hydrogens is 733 g/mol. The van der Waals surface area contributed by atoms with Crippen molar-refractivity contribution in [3.05, 3.63) is 218 Å². The van der Waals surface area contributed by atoms with Gasteiger partial charge >= 0.3 is 0 Å². The zero-order chi connectivity index (χ0) is 40.6. The van der Waals surface area contributed by atoms with E-state index in [2.05, 4.69) is 163 Å². The SMILES string of the molecule is C=C(N=C(N=C(C)c1cc(-c2ccccc2)cc(-c2ccccc2)c1)c1cc(-c2ccccc2)cc(-c2ccccc2)c1)n1c(C)nc2cc3c(cc21)nc1ccccn13. The van der Waals surface area contributed by atoms with Gasteiger partial charge in [0, 0.05) is 17.5 Å². The van der Waals surface area contributed by atoms with Crippen LogP contribution in [-0.4, -0.2) is 30.5 Å². The van der Waals surface area contributed by atoms with E-state index in [-0.39, 0.29) is 0 Å². The van der Waals surface area contributed by atoms with Gasteiger partial charge in [0.05, 0.1) is 22.1 Å². The number of benzene rings is 7. The Morgan fingerprint density at radius 1 is 0.467 bits per heavy atom. The molecule has 0 aliphatic rings. The van der Waals surface area contributed by atoms with E-state index in [1.54, 1.807) is 0 Å². The lowest BCUT2D eigenvalue weighted by molar-refractivity contribution is 1.01. The van der Waals surface area contributed by atoms with Gasteiger partial charge in [-0.1, -0.05) is 134 Å². The second-order valence-corrected chi connectivity index (χ2v) is 15.0. The van der Waals surface area contributed by atoms with Gasteiger partial charge in [0.25, 0.3) is 0 Å². The van der Waals surface area contributed by atoms with Gasteiger partial charge in [-0.2, -0.15) is 0 Å². The van der Waals surface area contributed by atoms with Crippen LogP contribution >= 0.6 is 0 Å². The summed E-state index contributed by atoms with van der Waals surface area (Å²) < 4.78 is 4.10. The molecule has 0 spiro atoms. The average molecular weight is 773 g/mol. The van der Waals surface area contributed by atoms with Gasteiger partial charge in [-0.3, -0.25) is 8.97 Å². The van der Waals surface area contributed by atoms with Crippen molar-refractivity contribution in [1.82, 2.24) is 18.9 Å². The largest absolute Gasteiger partial charge is 0.300 e. The maximum atomic E-state index is 5.45. The number of hydrogen-bond acceptors (Lipinski definition) is 3. The van der Waals surface area contributed by atoms with Gasteiger partial charge < -0.3 is 0 Å². The van der Waals surface area contributed by atoms with Gasteiger partial charge in [-0.25, -0.2) is 20.0 Å². The molecule has 10 aromatic rings. The fourth-order valence-corrected chi connectivity index (χ4v) is 8.01. The molecule has 3 aromatic heterocycles. The average Bonchev–Trinajstić information content (AvgIpc) is 3.84. The van der Waals surface area contributed by atoms with Crippen LogP contribution in [0.1, 0.15) is 23.9 Å². The number of hydrogen-bond donors (Lipinski definition) is 0. The zero-order valence-corrected chi connectivity index (χ0v) is 33.4. The minimum Gasteiger partial charge on any atom is -0.300 e. The lowest BCUT2D eigenvalue weighted by atomic mass is 9.94. The van der Waals surface area contributed by atoms with Crippen molar-refractivity contribution in [3.63, 3.8) is 0 Å². The van der Waals surface area contributed by atoms with Crippen molar-refractivity contribution in [1.29, 1.82) is 0 Å². The number of imidazole rings is 2. The standard InChI is InChI=1S/C54H40N6/c1-36(43-28-44(39-18-8-4-9-19-39)30-45(29-43)40-20-10-5-11-21-40)55-54(48-32-46(41-22-12-6-13-23-41)31-47(33-48)42-24-14-7-15-25-42)57-38(3)60-37(2)56-50-34-51-49(35-52(50)60)58-53-26-16-17-27-59(51)53/h4-35H,3H2,1-2H3. The first kappa shape index (κ1) is 36.4. The molecule has 286 valence electrons. The van der Waals surface area contributed by atoms with Gasteiger partial charge in [-0.05, 0) is 125 Å². The van der Waals surface area contributed by atoms with Crippen LogP contribution in [-0.2, 0) is 0 Å². The molecule has 0 aliphatic carbocycles. The minimum atomic E-state index is 0.499. The highest BCUT2D eigenvalue weighted by atomic mass is 15.2. The fraction of sp³-hybridized carbons (Fsp3) is 0.0370. The smallest absolute Gasteiger partial charge is 0.161 e. The Bertz CT molecular complexity index is 3150. The van der Waals surface area contributed by atoms with Crippen molar-refractivity contribution in [2.45, 2.75) is 13.8 Å². The highest BCUT2D eigenvalue weighted by Gasteiger charge is 2.17. The first-order chi connectivity index (χ1) is 29.4. The van der Waals surface area contributed by atoms with E-state index in [1.807, 2.05) is 60.2 Å². The van der Waals surface area contributed by atoms with Crippen molar-refractivity contribution < 1.29 is 0 Å². The predicted octanol–water partition coefficient (Wildman–Crippen LogP) is 13.2. The van der Waals surface area contributed by atoms with Crippen molar-refractivity contribution in [3.8, 4) is 44.5 Å². The van der Waals surface area contributed by atoms with E-state index in [0.29, 0.717) is 11.7 Å². The van der Waals surface area contributed by atoms with Gasteiger partial charge in [-0.15, -0.1) is 0 Å². The molecule has 7 aromatic carbocycles. The van der Waals surface area contributed by atoms with Crippen LogP contribution in [0, 0.1) is 6.92 Å². The summed E-state index contributed by atoms with van der Waals surface area (Å²) in [7, 11) is 0. The summed E-state index contributed by atoms with van der Waals surface area (Å²) in [6, 6.07) is 65.4. The van der Waals surface area contributed by atoms with Crippen LogP contribution in [0.5, 0.6) is 0 Å². The molecule has 10 rings (SSSR count). The predicted molar refractivity (Wildman–Crippen MR) is 249 cm³/mol. The highest BCUT2D eigenvalue weighted by molar-refractivity contribution is 6.14. The van der Waals surface area contributed by atoms with Crippen LogP contribution in [0.4, 0.5) is 0 Å². The topological polar surface area (TPSA) is 59.8 Å². The molecule has 3 heterocycles. The Morgan fingerprint density at radius 3 is 1.43 bits per heavy atom. The third kappa shape index (κ3) is 7.01. The molecule has 0 atom stereocenters. The molecule has 60 heavy (non-hydrogen) atoms. The Balaban J connectivity index is 1.18. The van der Waals surface area contributed by atoms with Gasteiger partial charge in [0.15, 0.2) is 5.84 Å². The Hall–Kier alpha value is -7.96. The van der Waals surface area contributed by atoms with Crippen LogP contribution < -0.4 is 0 Å². The molecule has 0 saturated heterocycles. The summed E-state index contributed by atoms with van der Waals surface area (Å²) in [4.78, 5) is 20.7. The number of aryl methyl sites for hydroxylation is 1. The lowest BCUT2D eigenvalue weighted by Crippen LogP contribution is -2.07. The minimum absolute atomic E-state index is 0.499. The van der Waals surface area contributed by atoms with E-state index < -0.39 is 0 Å². The monoisotopic (exact) mass is 772 g/mol. The number of amidine groups is 1. The fourth-order valence-electron chi connectivity index (χ4n) is 8.01. The number of pyridine rings is 1. The molecule has 0 N–H and O–H groups in total. The van der Waals surface area contributed by atoms with Crippen LogP contribution in [0.25, 0.3) is 78.0 Å². The first-order valence-corrected chi connectivity index (χ1v) is 20.1. The Kier molecular flexibility index (Phi) is 9.35. The molecule has 0 bridgehead atoms. The van der Waals surface area contributed by atoms with Gasteiger partial charge in [0.2, 0.25) is 0 Å². The van der Waals surface area contributed by atoms with E-state index in [9.17, 15) is 0 Å². The number of rotatable bonds is 8. The summed E-state index contributed by atoms with van der Waals surface area (Å²) in [5.41, 5.74) is 16.0. The van der Waals surface area contributed by atoms with E-state index in [1.165, 1.54) is 0 Å². The molecule has 0 saturated carbocycles. The van der Waals surface area contributed by atoms with Crippen molar-refractivity contribution in [2.75, 3.05) is 0 Å². The molecule has 0 unspecified atom stereocenters. The van der Waals surface area contributed by atoms with E-state index >= 15 is 0 Å². The van der Waals surface area contributed by atoms with Gasteiger partial charge in [0.1, 0.15) is 17.3 Å². The molecule has 0 aliphatic heterocycles. The second-order valence-electron chi connectivity index (χ2n) is 15.0.